The number of nitrogens with one attached hydrogen (secondary N) is 1. The molecule has 104 valence electrons. The van der Waals surface area contributed by atoms with Crippen molar-refractivity contribution < 1.29 is 9.53 Å². The molecule has 1 saturated carbocycles. The quantitative estimate of drug-likeness (QED) is 0.799. The van der Waals surface area contributed by atoms with Crippen molar-refractivity contribution in [3.63, 3.8) is 0 Å². The molecule has 1 N–H and O–H groups in total. The molecule has 0 aliphatic heterocycles. The van der Waals surface area contributed by atoms with Gasteiger partial charge in [0.15, 0.2) is 5.78 Å². The van der Waals surface area contributed by atoms with Gasteiger partial charge in [-0.1, -0.05) is 6.92 Å². The average molecular weight is 261 g/mol. The predicted octanol–water partition coefficient (Wildman–Crippen LogP) is 3.19. The molecule has 1 atom stereocenters. The van der Waals surface area contributed by atoms with Crippen LogP contribution in [-0.4, -0.2) is 25.0 Å². The Hall–Kier alpha value is -1.35. The normalized spacial score (nSPS) is 17.4. The first-order valence-electron chi connectivity index (χ1n) is 7.22. The van der Waals surface area contributed by atoms with E-state index >= 15 is 0 Å². The minimum Gasteiger partial charge on any atom is -0.490 e. The maximum absolute atomic E-state index is 12.2. The van der Waals surface area contributed by atoms with E-state index in [1.807, 2.05) is 38.2 Å². The summed E-state index contributed by atoms with van der Waals surface area (Å²) in [5.74, 6) is 1.03. The third-order valence-corrected chi connectivity index (χ3v) is 3.82. The Morgan fingerprint density at radius 3 is 2.47 bits per heavy atom. The van der Waals surface area contributed by atoms with Gasteiger partial charge in [0.2, 0.25) is 0 Å². The third kappa shape index (κ3) is 3.57. The summed E-state index contributed by atoms with van der Waals surface area (Å²) in [6.45, 7) is 2.01. The average Bonchev–Trinajstić information content (AvgIpc) is 2.94. The molecule has 0 saturated heterocycles. The summed E-state index contributed by atoms with van der Waals surface area (Å²) in [6, 6.07) is 7.46. The molecular weight excluding hydrogens is 238 g/mol. The van der Waals surface area contributed by atoms with Crippen molar-refractivity contribution in [1.29, 1.82) is 0 Å². The molecule has 0 heterocycles. The van der Waals surface area contributed by atoms with Crippen LogP contribution in [0.4, 0.5) is 0 Å². The predicted molar refractivity (Wildman–Crippen MR) is 76.8 cm³/mol. The van der Waals surface area contributed by atoms with Gasteiger partial charge in [-0.05, 0) is 63.4 Å². The van der Waals surface area contributed by atoms with E-state index in [4.69, 9.17) is 4.74 Å². The van der Waals surface area contributed by atoms with Crippen molar-refractivity contribution in [2.75, 3.05) is 7.05 Å². The molecule has 0 aromatic heterocycles. The number of ether oxygens (including phenoxy) is 1. The molecule has 1 fully saturated rings. The van der Waals surface area contributed by atoms with E-state index in [0.717, 1.165) is 30.6 Å². The van der Waals surface area contributed by atoms with Gasteiger partial charge in [-0.15, -0.1) is 0 Å². The molecule has 0 spiro atoms. The molecule has 1 aromatic rings. The lowest BCUT2D eigenvalue weighted by atomic mass is 10.0. The zero-order valence-corrected chi connectivity index (χ0v) is 11.8. The van der Waals surface area contributed by atoms with Crippen LogP contribution in [0.1, 0.15) is 49.4 Å². The second-order valence-electron chi connectivity index (χ2n) is 5.16. The van der Waals surface area contributed by atoms with Crippen LogP contribution in [0.25, 0.3) is 0 Å². The molecule has 0 bridgehead atoms. The topological polar surface area (TPSA) is 38.3 Å². The molecule has 3 nitrogen and oxygen atoms in total. The van der Waals surface area contributed by atoms with Crippen LogP contribution in [0.15, 0.2) is 24.3 Å². The lowest BCUT2D eigenvalue weighted by molar-refractivity contribution is 0.0945. The molecule has 1 aliphatic rings. The highest BCUT2D eigenvalue weighted by atomic mass is 16.5. The lowest BCUT2D eigenvalue weighted by Gasteiger charge is -2.15. The number of rotatable bonds is 6. The number of benzene rings is 1. The monoisotopic (exact) mass is 261 g/mol. The van der Waals surface area contributed by atoms with Crippen LogP contribution in [0.2, 0.25) is 0 Å². The summed E-state index contributed by atoms with van der Waals surface area (Å²) in [5.41, 5.74) is 0.750. The second-order valence-corrected chi connectivity index (χ2v) is 5.16. The molecule has 19 heavy (non-hydrogen) atoms. The van der Waals surface area contributed by atoms with Crippen molar-refractivity contribution in [2.24, 2.45) is 0 Å². The summed E-state index contributed by atoms with van der Waals surface area (Å²) in [4.78, 5) is 12.2. The number of ketones is 1. The Kier molecular flexibility index (Phi) is 4.97. The Morgan fingerprint density at radius 2 is 1.95 bits per heavy atom. The fourth-order valence-electron chi connectivity index (χ4n) is 2.62. The van der Waals surface area contributed by atoms with Crippen LogP contribution in [-0.2, 0) is 0 Å². The standard InChI is InChI=1S/C16H23NO2/c1-3-15(17-2)16(18)12-8-10-14(11-9-12)19-13-6-4-5-7-13/h8-11,13,15,17H,3-7H2,1-2H3. The first-order valence-corrected chi connectivity index (χ1v) is 7.22. The summed E-state index contributed by atoms with van der Waals surface area (Å²) in [6.07, 6.45) is 6.00. The van der Waals surface area contributed by atoms with Crippen molar-refractivity contribution in [1.82, 2.24) is 5.32 Å². The molecule has 2 rings (SSSR count). The Morgan fingerprint density at radius 1 is 1.32 bits per heavy atom. The summed E-state index contributed by atoms with van der Waals surface area (Å²) < 4.78 is 5.90. The molecule has 0 amide bonds. The Balaban J connectivity index is 1.99. The van der Waals surface area contributed by atoms with Gasteiger partial charge >= 0.3 is 0 Å². The number of hydrogen-bond donors (Lipinski definition) is 1. The van der Waals surface area contributed by atoms with Gasteiger partial charge in [0.1, 0.15) is 5.75 Å². The zero-order valence-electron chi connectivity index (χ0n) is 11.8. The summed E-state index contributed by atoms with van der Waals surface area (Å²) in [5, 5.41) is 3.04. The van der Waals surface area contributed by atoms with Gasteiger partial charge in [-0.3, -0.25) is 4.79 Å². The van der Waals surface area contributed by atoms with Crippen molar-refractivity contribution in [3.05, 3.63) is 29.8 Å². The van der Waals surface area contributed by atoms with E-state index in [1.165, 1.54) is 12.8 Å². The number of Topliss-reactive ketones (excluding diaryl/α,β-unsaturated/α-hetero) is 1. The highest BCUT2D eigenvalue weighted by molar-refractivity contribution is 6.00. The van der Waals surface area contributed by atoms with Gasteiger partial charge < -0.3 is 10.1 Å². The molecule has 1 aromatic carbocycles. The smallest absolute Gasteiger partial charge is 0.179 e. The SMILES string of the molecule is CCC(NC)C(=O)c1ccc(OC2CCCC2)cc1. The minimum absolute atomic E-state index is 0.0957. The van der Waals surface area contributed by atoms with E-state index in [-0.39, 0.29) is 11.8 Å². The second kappa shape index (κ2) is 6.71. The van der Waals surface area contributed by atoms with Gasteiger partial charge in [0, 0.05) is 5.56 Å². The van der Waals surface area contributed by atoms with E-state index in [2.05, 4.69) is 5.32 Å². The summed E-state index contributed by atoms with van der Waals surface area (Å²) in [7, 11) is 1.82. The Bertz CT molecular complexity index is 403. The van der Waals surface area contributed by atoms with Crippen LogP contribution in [0.5, 0.6) is 5.75 Å². The largest absolute Gasteiger partial charge is 0.490 e. The van der Waals surface area contributed by atoms with Crippen LogP contribution >= 0.6 is 0 Å². The van der Waals surface area contributed by atoms with E-state index in [1.54, 1.807) is 0 Å². The van der Waals surface area contributed by atoms with Crippen molar-refractivity contribution in [2.45, 2.75) is 51.2 Å². The van der Waals surface area contributed by atoms with Gasteiger partial charge in [-0.2, -0.15) is 0 Å². The van der Waals surface area contributed by atoms with Crippen LogP contribution in [0, 0.1) is 0 Å². The summed E-state index contributed by atoms with van der Waals surface area (Å²) >= 11 is 0. The molecule has 1 aliphatic carbocycles. The fourth-order valence-corrected chi connectivity index (χ4v) is 2.62. The van der Waals surface area contributed by atoms with Crippen LogP contribution in [0.3, 0.4) is 0 Å². The van der Waals surface area contributed by atoms with Gasteiger partial charge in [-0.25, -0.2) is 0 Å². The number of likely N-dealkylation sites (N-methyl/N-ethyl adjacent to an activating group) is 1. The highest BCUT2D eigenvalue weighted by Gasteiger charge is 2.18. The molecule has 3 heteroatoms. The van der Waals surface area contributed by atoms with E-state index < -0.39 is 0 Å². The van der Waals surface area contributed by atoms with E-state index in [0.29, 0.717) is 6.10 Å². The molecule has 1 unspecified atom stereocenters. The van der Waals surface area contributed by atoms with Gasteiger partial charge in [0.25, 0.3) is 0 Å². The first-order chi connectivity index (χ1) is 9.24. The van der Waals surface area contributed by atoms with Crippen LogP contribution < -0.4 is 10.1 Å². The van der Waals surface area contributed by atoms with Crippen molar-refractivity contribution in [3.8, 4) is 5.75 Å². The number of carbonyl (C=O) groups is 1. The first kappa shape index (κ1) is 14.1. The fraction of sp³-hybridized carbons (Fsp3) is 0.562. The number of carbonyl (C=O) groups excluding carboxylic acids is 1. The van der Waals surface area contributed by atoms with Gasteiger partial charge in [0.05, 0.1) is 12.1 Å². The Labute approximate surface area is 115 Å². The molecular formula is C16H23NO2. The number of hydrogen-bond acceptors (Lipinski definition) is 3. The van der Waals surface area contributed by atoms with Crippen molar-refractivity contribution >= 4 is 5.78 Å². The lowest BCUT2D eigenvalue weighted by Crippen LogP contribution is -2.33. The maximum Gasteiger partial charge on any atom is 0.179 e. The molecule has 0 radical (unpaired) electrons. The zero-order chi connectivity index (χ0) is 13.7. The van der Waals surface area contributed by atoms with E-state index in [9.17, 15) is 4.79 Å². The third-order valence-electron chi connectivity index (χ3n) is 3.82. The highest BCUT2D eigenvalue weighted by Crippen LogP contribution is 2.24. The maximum atomic E-state index is 12.2. The minimum atomic E-state index is -0.0957.